The van der Waals surface area contributed by atoms with E-state index < -0.39 is 0 Å². The van der Waals surface area contributed by atoms with Crippen LogP contribution in [0.15, 0.2) is 48.7 Å². The molecule has 3 heterocycles. The Hall–Kier alpha value is -2.57. The number of fused-ring (bicyclic) bond motifs is 2. The van der Waals surface area contributed by atoms with Gasteiger partial charge in [-0.2, -0.15) is 5.10 Å². The van der Waals surface area contributed by atoms with Crippen molar-refractivity contribution < 1.29 is 9.47 Å². The molecule has 5 rings (SSSR count). The minimum absolute atomic E-state index is 0.333. The van der Waals surface area contributed by atoms with E-state index in [9.17, 15) is 0 Å². The molecule has 134 valence electrons. The van der Waals surface area contributed by atoms with E-state index >= 15 is 0 Å². The monoisotopic (exact) mass is 350 g/mol. The zero-order valence-corrected chi connectivity index (χ0v) is 14.7. The first-order valence-electron chi connectivity index (χ1n) is 9.09. The number of aromatic nitrogens is 2. The predicted octanol–water partition coefficient (Wildman–Crippen LogP) is 2.54. The minimum Gasteiger partial charge on any atom is -0.454 e. The van der Waals surface area contributed by atoms with Gasteiger partial charge in [0.25, 0.3) is 0 Å². The number of para-hydroxylation sites is 1. The van der Waals surface area contributed by atoms with Gasteiger partial charge in [-0.15, -0.1) is 0 Å². The van der Waals surface area contributed by atoms with Crippen LogP contribution < -0.4 is 9.47 Å². The van der Waals surface area contributed by atoms with E-state index in [0.717, 1.165) is 50.9 Å². The van der Waals surface area contributed by atoms with Crippen LogP contribution in [0.2, 0.25) is 0 Å². The van der Waals surface area contributed by atoms with Crippen molar-refractivity contribution in [2.45, 2.75) is 13.2 Å². The molecule has 0 radical (unpaired) electrons. The van der Waals surface area contributed by atoms with E-state index in [1.807, 2.05) is 12.3 Å². The molecule has 2 aromatic carbocycles. The fourth-order valence-electron chi connectivity index (χ4n) is 3.71. The second kappa shape index (κ2) is 6.63. The Morgan fingerprint density at radius 2 is 1.69 bits per heavy atom. The SMILES string of the molecule is c1ccc2c(c1)cnn2CN1CCN(Cc2ccc3c(c2)OCO3)CC1. The van der Waals surface area contributed by atoms with E-state index in [4.69, 9.17) is 9.47 Å². The number of ether oxygens (including phenoxy) is 2. The summed E-state index contributed by atoms with van der Waals surface area (Å²) in [4.78, 5) is 4.96. The summed E-state index contributed by atoms with van der Waals surface area (Å²) in [7, 11) is 0. The van der Waals surface area contributed by atoms with Gasteiger partial charge in [-0.05, 0) is 23.8 Å². The number of benzene rings is 2. The van der Waals surface area contributed by atoms with Crippen molar-refractivity contribution in [3.05, 3.63) is 54.2 Å². The van der Waals surface area contributed by atoms with Crippen LogP contribution >= 0.6 is 0 Å². The second-order valence-corrected chi connectivity index (χ2v) is 6.93. The van der Waals surface area contributed by atoms with Crippen LogP contribution in [0.1, 0.15) is 5.56 Å². The highest BCUT2D eigenvalue weighted by atomic mass is 16.7. The third-order valence-corrected chi connectivity index (χ3v) is 5.19. The fraction of sp³-hybridized carbons (Fsp3) is 0.350. The third kappa shape index (κ3) is 3.02. The van der Waals surface area contributed by atoms with Gasteiger partial charge in [0.1, 0.15) is 0 Å². The van der Waals surface area contributed by atoms with Crippen molar-refractivity contribution in [2.75, 3.05) is 33.0 Å². The standard InChI is InChI=1S/C20H22N4O2/c1-2-4-18-17(3-1)12-21-24(18)14-23-9-7-22(8-10-23)13-16-5-6-19-20(11-16)26-15-25-19/h1-6,11-12H,7-10,13-15H2. The quantitative estimate of drug-likeness (QED) is 0.723. The topological polar surface area (TPSA) is 42.8 Å². The van der Waals surface area contributed by atoms with E-state index in [0.29, 0.717) is 6.79 Å². The third-order valence-electron chi connectivity index (χ3n) is 5.19. The van der Waals surface area contributed by atoms with Crippen molar-refractivity contribution >= 4 is 10.9 Å². The molecule has 6 heteroatoms. The summed E-state index contributed by atoms with van der Waals surface area (Å²) >= 11 is 0. The van der Waals surface area contributed by atoms with Gasteiger partial charge in [0.05, 0.1) is 18.4 Å². The van der Waals surface area contributed by atoms with Gasteiger partial charge in [-0.25, -0.2) is 0 Å². The summed E-state index contributed by atoms with van der Waals surface area (Å²) in [5.41, 5.74) is 2.48. The van der Waals surface area contributed by atoms with Crippen LogP contribution in [-0.4, -0.2) is 52.6 Å². The molecule has 2 aliphatic rings. The summed E-state index contributed by atoms with van der Waals surface area (Å²) in [6, 6.07) is 14.6. The minimum atomic E-state index is 0.333. The number of piperazine rings is 1. The van der Waals surface area contributed by atoms with E-state index in [1.54, 1.807) is 0 Å². The van der Waals surface area contributed by atoms with Crippen molar-refractivity contribution in [1.29, 1.82) is 0 Å². The number of nitrogens with zero attached hydrogens (tertiary/aromatic N) is 4. The van der Waals surface area contributed by atoms with Crippen molar-refractivity contribution in [3.63, 3.8) is 0 Å². The zero-order valence-electron chi connectivity index (χ0n) is 14.7. The maximum Gasteiger partial charge on any atom is 0.231 e. The lowest BCUT2D eigenvalue weighted by molar-refractivity contribution is 0.100. The number of hydrogen-bond acceptors (Lipinski definition) is 5. The average Bonchev–Trinajstić information content (AvgIpc) is 3.30. The highest BCUT2D eigenvalue weighted by Gasteiger charge is 2.19. The van der Waals surface area contributed by atoms with Gasteiger partial charge in [0, 0.05) is 38.1 Å². The van der Waals surface area contributed by atoms with Gasteiger partial charge in [0.2, 0.25) is 6.79 Å². The van der Waals surface area contributed by atoms with Crippen LogP contribution in [0.4, 0.5) is 0 Å². The highest BCUT2D eigenvalue weighted by molar-refractivity contribution is 5.78. The molecule has 0 bridgehead atoms. The van der Waals surface area contributed by atoms with E-state index in [-0.39, 0.29) is 0 Å². The fourth-order valence-corrected chi connectivity index (χ4v) is 3.71. The molecule has 1 aromatic heterocycles. The summed E-state index contributed by atoms with van der Waals surface area (Å²) in [6.07, 6.45) is 1.95. The van der Waals surface area contributed by atoms with Crippen LogP contribution in [0.5, 0.6) is 11.5 Å². The maximum atomic E-state index is 5.48. The first kappa shape index (κ1) is 15.7. The van der Waals surface area contributed by atoms with E-state index in [1.165, 1.54) is 16.5 Å². The van der Waals surface area contributed by atoms with Gasteiger partial charge in [-0.3, -0.25) is 14.5 Å². The molecule has 0 aliphatic carbocycles. The molecule has 26 heavy (non-hydrogen) atoms. The van der Waals surface area contributed by atoms with Gasteiger partial charge in [0.15, 0.2) is 11.5 Å². The molecule has 0 N–H and O–H groups in total. The summed E-state index contributed by atoms with van der Waals surface area (Å²) in [5, 5.41) is 5.75. The van der Waals surface area contributed by atoms with Crippen LogP contribution in [0.25, 0.3) is 10.9 Å². The summed E-state index contributed by atoms with van der Waals surface area (Å²) < 4.78 is 13.0. The largest absolute Gasteiger partial charge is 0.454 e. The molecule has 0 unspecified atom stereocenters. The smallest absolute Gasteiger partial charge is 0.231 e. The lowest BCUT2D eigenvalue weighted by Gasteiger charge is -2.34. The molecule has 1 fully saturated rings. The lowest BCUT2D eigenvalue weighted by atomic mass is 10.1. The Bertz CT molecular complexity index is 915. The highest BCUT2D eigenvalue weighted by Crippen LogP contribution is 2.32. The zero-order chi connectivity index (χ0) is 17.3. The van der Waals surface area contributed by atoms with Gasteiger partial charge < -0.3 is 9.47 Å². The van der Waals surface area contributed by atoms with Crippen LogP contribution in [0.3, 0.4) is 0 Å². The van der Waals surface area contributed by atoms with Gasteiger partial charge in [-0.1, -0.05) is 24.3 Å². The Morgan fingerprint density at radius 1 is 0.885 bits per heavy atom. The second-order valence-electron chi connectivity index (χ2n) is 6.93. The summed E-state index contributed by atoms with van der Waals surface area (Å²) in [5.74, 6) is 1.72. The van der Waals surface area contributed by atoms with E-state index in [2.05, 4.69) is 56.0 Å². The normalized spacial score (nSPS) is 17.8. The molecule has 0 atom stereocenters. The first-order chi connectivity index (χ1) is 12.8. The Labute approximate surface area is 152 Å². The molecule has 0 saturated carbocycles. The molecular weight excluding hydrogens is 328 g/mol. The average molecular weight is 350 g/mol. The molecular formula is C20H22N4O2. The summed E-state index contributed by atoms with van der Waals surface area (Å²) in [6.45, 7) is 6.37. The van der Waals surface area contributed by atoms with Crippen molar-refractivity contribution in [1.82, 2.24) is 19.6 Å². The van der Waals surface area contributed by atoms with Crippen LogP contribution in [0, 0.1) is 0 Å². The molecule has 3 aromatic rings. The first-order valence-corrected chi connectivity index (χ1v) is 9.09. The predicted molar refractivity (Wildman–Crippen MR) is 99.1 cm³/mol. The van der Waals surface area contributed by atoms with Gasteiger partial charge >= 0.3 is 0 Å². The Kier molecular flexibility index (Phi) is 3.99. The number of hydrogen-bond donors (Lipinski definition) is 0. The number of rotatable bonds is 4. The van der Waals surface area contributed by atoms with Crippen LogP contribution in [-0.2, 0) is 13.2 Å². The molecule has 2 aliphatic heterocycles. The molecule has 1 saturated heterocycles. The maximum absolute atomic E-state index is 5.48. The Morgan fingerprint density at radius 3 is 2.62 bits per heavy atom. The Balaban J connectivity index is 1.18. The van der Waals surface area contributed by atoms with Crippen molar-refractivity contribution in [3.8, 4) is 11.5 Å². The molecule has 0 amide bonds. The lowest BCUT2D eigenvalue weighted by Crippen LogP contribution is -2.46. The molecule has 6 nitrogen and oxygen atoms in total. The van der Waals surface area contributed by atoms with Crippen molar-refractivity contribution in [2.24, 2.45) is 0 Å². The molecule has 0 spiro atoms.